The summed E-state index contributed by atoms with van der Waals surface area (Å²) >= 11 is 0. The lowest BCUT2D eigenvalue weighted by Gasteiger charge is -2.28. The molecule has 6 nitrogen and oxygen atoms in total. The van der Waals surface area contributed by atoms with E-state index < -0.39 is 5.60 Å². The summed E-state index contributed by atoms with van der Waals surface area (Å²) in [5, 5.41) is 9.96. The van der Waals surface area contributed by atoms with Crippen LogP contribution in [-0.4, -0.2) is 49.1 Å². The van der Waals surface area contributed by atoms with Crippen LogP contribution in [0.3, 0.4) is 0 Å². The Balaban J connectivity index is 1.86. The molecule has 2 aromatic heterocycles. The first-order chi connectivity index (χ1) is 11.9. The van der Waals surface area contributed by atoms with Crippen LogP contribution in [0.15, 0.2) is 48.9 Å². The fraction of sp³-hybridized carbons (Fsp3) is 0.316. The van der Waals surface area contributed by atoms with Crippen LogP contribution in [0.5, 0.6) is 0 Å². The Morgan fingerprint density at radius 3 is 2.60 bits per heavy atom. The van der Waals surface area contributed by atoms with Gasteiger partial charge >= 0.3 is 0 Å². The molecule has 0 aliphatic carbocycles. The zero-order valence-electron chi connectivity index (χ0n) is 14.7. The lowest BCUT2D eigenvalue weighted by molar-refractivity contribution is 0.0314. The summed E-state index contributed by atoms with van der Waals surface area (Å²) < 4.78 is 1.89. The SMILES string of the molecule is CCN(CC(C)(C)O)C(=O)c1ccc(-n2cnc3ccccc32)nc1. The van der Waals surface area contributed by atoms with E-state index in [1.54, 1.807) is 43.4 Å². The highest BCUT2D eigenvalue weighted by Gasteiger charge is 2.22. The van der Waals surface area contributed by atoms with Crippen LogP contribution < -0.4 is 0 Å². The molecular formula is C19H22N4O2. The topological polar surface area (TPSA) is 71.2 Å². The maximum atomic E-state index is 12.6. The number of carbonyl (C=O) groups is 1. The predicted octanol–water partition coefficient (Wildman–Crippen LogP) is 2.65. The Kier molecular flexibility index (Phi) is 4.55. The molecule has 6 heteroatoms. The number of aromatic nitrogens is 3. The summed E-state index contributed by atoms with van der Waals surface area (Å²) in [6.07, 6.45) is 3.29. The van der Waals surface area contributed by atoms with Crippen LogP contribution >= 0.6 is 0 Å². The van der Waals surface area contributed by atoms with E-state index in [1.165, 1.54) is 0 Å². The number of rotatable bonds is 5. The minimum absolute atomic E-state index is 0.140. The monoisotopic (exact) mass is 338 g/mol. The van der Waals surface area contributed by atoms with Crippen molar-refractivity contribution in [2.75, 3.05) is 13.1 Å². The third kappa shape index (κ3) is 3.69. The Labute approximate surface area is 146 Å². The summed E-state index contributed by atoms with van der Waals surface area (Å²) in [6.45, 7) is 6.07. The molecule has 3 rings (SSSR count). The second-order valence-corrected chi connectivity index (χ2v) is 6.64. The standard InChI is InChI=1S/C19H22N4O2/c1-4-22(12-19(2,3)25)18(24)14-9-10-17(20-11-14)23-13-21-15-7-5-6-8-16(15)23/h5-11,13,25H,4,12H2,1-3H3. The van der Waals surface area contributed by atoms with Gasteiger partial charge in [0.05, 0.1) is 22.2 Å². The summed E-state index contributed by atoms with van der Waals surface area (Å²) in [5.74, 6) is 0.565. The lowest BCUT2D eigenvalue weighted by Crippen LogP contribution is -2.42. The largest absolute Gasteiger partial charge is 0.389 e. The molecule has 0 aliphatic heterocycles. The number of benzene rings is 1. The molecule has 0 spiro atoms. The molecule has 2 heterocycles. The van der Waals surface area contributed by atoms with Gasteiger partial charge in [0.1, 0.15) is 12.1 Å². The molecule has 1 N–H and O–H groups in total. The molecule has 1 aromatic carbocycles. The van der Waals surface area contributed by atoms with Crippen molar-refractivity contribution in [3.8, 4) is 5.82 Å². The molecule has 0 bridgehead atoms. The van der Waals surface area contributed by atoms with Gasteiger partial charge in [0.2, 0.25) is 0 Å². The summed E-state index contributed by atoms with van der Waals surface area (Å²) in [5.41, 5.74) is 1.42. The number of para-hydroxylation sites is 2. The third-order valence-electron chi connectivity index (χ3n) is 3.94. The van der Waals surface area contributed by atoms with Gasteiger partial charge in [-0.2, -0.15) is 0 Å². The molecule has 3 aromatic rings. The number of hydrogen-bond donors (Lipinski definition) is 1. The number of likely N-dealkylation sites (N-methyl/N-ethyl adjacent to an activating group) is 1. The number of fused-ring (bicyclic) bond motifs is 1. The van der Waals surface area contributed by atoms with Gasteiger partial charge in [-0.05, 0) is 45.0 Å². The second-order valence-electron chi connectivity index (χ2n) is 6.64. The van der Waals surface area contributed by atoms with Gasteiger partial charge in [-0.25, -0.2) is 9.97 Å². The molecule has 1 amide bonds. The summed E-state index contributed by atoms with van der Waals surface area (Å²) in [6, 6.07) is 11.4. The van der Waals surface area contributed by atoms with Gasteiger partial charge in [0, 0.05) is 19.3 Å². The number of carbonyl (C=O) groups excluding carboxylic acids is 1. The first-order valence-electron chi connectivity index (χ1n) is 8.29. The number of pyridine rings is 1. The van der Waals surface area contributed by atoms with E-state index in [0.717, 1.165) is 11.0 Å². The van der Waals surface area contributed by atoms with Gasteiger partial charge in [-0.15, -0.1) is 0 Å². The van der Waals surface area contributed by atoms with Gasteiger partial charge < -0.3 is 10.0 Å². The Bertz CT molecular complexity index is 878. The molecule has 0 radical (unpaired) electrons. The maximum Gasteiger partial charge on any atom is 0.255 e. The average molecular weight is 338 g/mol. The summed E-state index contributed by atoms with van der Waals surface area (Å²) in [4.78, 5) is 23.0. The molecule has 0 atom stereocenters. The van der Waals surface area contributed by atoms with Gasteiger partial charge in [0.25, 0.3) is 5.91 Å². The molecule has 0 saturated heterocycles. The highest BCUT2D eigenvalue weighted by molar-refractivity contribution is 5.94. The van der Waals surface area contributed by atoms with Crippen LogP contribution in [0, 0.1) is 0 Å². The van der Waals surface area contributed by atoms with Crippen molar-refractivity contribution in [2.24, 2.45) is 0 Å². The average Bonchev–Trinajstić information content (AvgIpc) is 3.02. The smallest absolute Gasteiger partial charge is 0.255 e. The van der Waals surface area contributed by atoms with Crippen molar-refractivity contribution in [1.82, 2.24) is 19.4 Å². The van der Waals surface area contributed by atoms with E-state index in [1.807, 2.05) is 35.8 Å². The van der Waals surface area contributed by atoms with E-state index in [9.17, 15) is 9.90 Å². The van der Waals surface area contributed by atoms with Crippen LogP contribution in [0.1, 0.15) is 31.1 Å². The Hall–Kier alpha value is -2.73. The third-order valence-corrected chi connectivity index (χ3v) is 3.94. The highest BCUT2D eigenvalue weighted by Crippen LogP contribution is 2.17. The first kappa shape index (κ1) is 17.1. The number of hydrogen-bond acceptors (Lipinski definition) is 4. The number of imidazole rings is 1. The van der Waals surface area contributed by atoms with E-state index in [0.29, 0.717) is 17.9 Å². The van der Waals surface area contributed by atoms with E-state index in [2.05, 4.69) is 9.97 Å². The molecule has 0 aliphatic rings. The normalized spacial score (nSPS) is 11.7. The predicted molar refractivity (Wildman–Crippen MR) is 96.7 cm³/mol. The minimum Gasteiger partial charge on any atom is -0.389 e. The van der Waals surface area contributed by atoms with Crippen molar-refractivity contribution in [3.05, 3.63) is 54.5 Å². The Morgan fingerprint density at radius 1 is 1.20 bits per heavy atom. The van der Waals surface area contributed by atoms with Crippen LogP contribution in [-0.2, 0) is 0 Å². The van der Waals surface area contributed by atoms with Gasteiger partial charge in [0.15, 0.2) is 0 Å². The fourth-order valence-electron chi connectivity index (χ4n) is 2.77. The van der Waals surface area contributed by atoms with E-state index in [4.69, 9.17) is 0 Å². The first-order valence-corrected chi connectivity index (χ1v) is 8.29. The van der Waals surface area contributed by atoms with Gasteiger partial charge in [-0.1, -0.05) is 12.1 Å². The molecule has 0 fully saturated rings. The summed E-state index contributed by atoms with van der Waals surface area (Å²) in [7, 11) is 0. The fourth-order valence-corrected chi connectivity index (χ4v) is 2.77. The molecule has 130 valence electrons. The number of nitrogens with zero attached hydrogens (tertiary/aromatic N) is 4. The maximum absolute atomic E-state index is 12.6. The van der Waals surface area contributed by atoms with Crippen molar-refractivity contribution >= 4 is 16.9 Å². The number of amides is 1. The van der Waals surface area contributed by atoms with Crippen molar-refractivity contribution in [3.63, 3.8) is 0 Å². The molecule has 0 saturated carbocycles. The quantitative estimate of drug-likeness (QED) is 0.776. The molecular weight excluding hydrogens is 316 g/mol. The van der Waals surface area contributed by atoms with Crippen LogP contribution in [0.4, 0.5) is 0 Å². The van der Waals surface area contributed by atoms with Crippen molar-refractivity contribution < 1.29 is 9.90 Å². The zero-order valence-corrected chi connectivity index (χ0v) is 14.7. The minimum atomic E-state index is -0.936. The highest BCUT2D eigenvalue weighted by atomic mass is 16.3. The van der Waals surface area contributed by atoms with E-state index in [-0.39, 0.29) is 12.5 Å². The zero-order chi connectivity index (χ0) is 18.0. The van der Waals surface area contributed by atoms with Crippen molar-refractivity contribution in [2.45, 2.75) is 26.4 Å². The van der Waals surface area contributed by atoms with Gasteiger partial charge in [-0.3, -0.25) is 9.36 Å². The molecule has 0 unspecified atom stereocenters. The lowest BCUT2D eigenvalue weighted by atomic mass is 10.1. The Morgan fingerprint density at radius 2 is 1.96 bits per heavy atom. The second kappa shape index (κ2) is 6.64. The number of aliphatic hydroxyl groups is 1. The van der Waals surface area contributed by atoms with Crippen molar-refractivity contribution in [1.29, 1.82) is 0 Å². The van der Waals surface area contributed by atoms with Crippen LogP contribution in [0.2, 0.25) is 0 Å². The van der Waals surface area contributed by atoms with E-state index >= 15 is 0 Å². The van der Waals surface area contributed by atoms with Crippen LogP contribution in [0.25, 0.3) is 16.9 Å². The molecule has 25 heavy (non-hydrogen) atoms.